The Labute approximate surface area is 157 Å². The molecule has 2 N–H and O–H groups in total. The molecule has 0 aliphatic heterocycles. The van der Waals surface area contributed by atoms with Crippen molar-refractivity contribution in [2.75, 3.05) is 0 Å². The van der Waals surface area contributed by atoms with Gasteiger partial charge >= 0.3 is 0 Å². The first-order chi connectivity index (χ1) is 12.6. The molecule has 0 unspecified atom stereocenters. The van der Waals surface area contributed by atoms with Crippen LogP contribution in [0.3, 0.4) is 0 Å². The number of halogens is 1. The highest BCUT2D eigenvalue weighted by Gasteiger charge is 2.08. The van der Waals surface area contributed by atoms with E-state index in [4.69, 9.17) is 0 Å². The third kappa shape index (κ3) is 5.53. The molecule has 2 aromatic heterocycles. The summed E-state index contributed by atoms with van der Waals surface area (Å²) in [5.74, 6) is 0.0591. The van der Waals surface area contributed by atoms with Crippen LogP contribution in [-0.4, -0.2) is 15.9 Å². The molecule has 5 nitrogen and oxygen atoms in total. The van der Waals surface area contributed by atoms with Crippen LogP contribution in [0.25, 0.3) is 0 Å². The van der Waals surface area contributed by atoms with Gasteiger partial charge in [0.15, 0.2) is 5.16 Å². The first kappa shape index (κ1) is 18.3. The number of hydrogen-bond donors (Lipinski definition) is 2. The Morgan fingerprint density at radius 2 is 2.08 bits per heavy atom. The van der Waals surface area contributed by atoms with E-state index in [1.54, 1.807) is 23.5 Å². The highest BCUT2D eigenvalue weighted by atomic mass is 32.2. The van der Waals surface area contributed by atoms with Crippen molar-refractivity contribution in [3.05, 3.63) is 80.2 Å². The van der Waals surface area contributed by atoms with Crippen LogP contribution in [0.1, 0.15) is 16.1 Å². The lowest BCUT2D eigenvalue weighted by molar-refractivity contribution is -0.120. The molecule has 0 radical (unpaired) electrons. The Bertz CT molecular complexity index is 924. The minimum absolute atomic E-state index is 0.0411. The second-order valence-electron chi connectivity index (χ2n) is 5.49. The number of nitrogens with zero attached hydrogens (tertiary/aromatic N) is 1. The van der Waals surface area contributed by atoms with Crippen LogP contribution in [0.15, 0.2) is 57.8 Å². The fourth-order valence-electron chi connectivity index (χ4n) is 2.20. The molecule has 0 fully saturated rings. The fraction of sp³-hybridized carbons (Fsp3) is 0.167. The zero-order valence-corrected chi connectivity index (χ0v) is 15.3. The molecule has 1 aromatic carbocycles. The van der Waals surface area contributed by atoms with Gasteiger partial charge in [-0.1, -0.05) is 30.0 Å². The number of aromatic amines is 1. The lowest BCUT2D eigenvalue weighted by atomic mass is 10.2. The number of amides is 1. The number of nitrogens with one attached hydrogen (secondary N) is 2. The molecule has 8 heteroatoms. The molecule has 1 amide bonds. The molecule has 134 valence electrons. The van der Waals surface area contributed by atoms with Crippen molar-refractivity contribution in [2.45, 2.75) is 23.9 Å². The molecule has 0 aliphatic rings. The molecule has 0 saturated carbocycles. The van der Waals surface area contributed by atoms with Gasteiger partial charge in [0.25, 0.3) is 5.56 Å². The third-order valence-corrected chi connectivity index (χ3v) is 5.26. The average molecular weight is 389 g/mol. The highest BCUT2D eigenvalue weighted by molar-refractivity contribution is 7.98. The predicted molar refractivity (Wildman–Crippen MR) is 101 cm³/mol. The molecule has 0 atom stereocenters. The number of carbonyl (C=O) groups excluding carboxylic acids is 1. The van der Waals surface area contributed by atoms with Gasteiger partial charge in [0.2, 0.25) is 5.91 Å². The van der Waals surface area contributed by atoms with Crippen molar-refractivity contribution < 1.29 is 9.18 Å². The summed E-state index contributed by atoms with van der Waals surface area (Å²) in [4.78, 5) is 31.9. The van der Waals surface area contributed by atoms with Gasteiger partial charge in [-0.05, 0) is 29.1 Å². The maximum Gasteiger partial charge on any atom is 0.251 e. The number of thioether (sulfide) groups is 1. The summed E-state index contributed by atoms with van der Waals surface area (Å²) in [6, 6.07) is 11.3. The number of benzene rings is 1. The van der Waals surface area contributed by atoms with Gasteiger partial charge in [0.05, 0.1) is 18.7 Å². The molecule has 3 rings (SSSR count). The van der Waals surface area contributed by atoms with Gasteiger partial charge < -0.3 is 10.3 Å². The summed E-state index contributed by atoms with van der Waals surface area (Å²) in [7, 11) is 0. The third-order valence-electron chi connectivity index (χ3n) is 3.44. The number of hydrogen-bond acceptors (Lipinski definition) is 5. The molecule has 0 spiro atoms. The molecule has 0 saturated heterocycles. The first-order valence-electron chi connectivity index (χ1n) is 7.85. The standard InChI is InChI=1S/C18H16FN3O2S2/c19-13-5-3-12(4-6-13)11-26-18-21-14(9-17(24)22-18)8-16(23)20-10-15-2-1-7-25-15/h1-7,9H,8,10-11H2,(H,20,23)(H,21,22,24). The maximum atomic E-state index is 12.9. The smallest absolute Gasteiger partial charge is 0.251 e. The fourth-order valence-corrected chi connectivity index (χ4v) is 3.70. The van der Waals surface area contributed by atoms with Crippen LogP contribution in [0.5, 0.6) is 0 Å². The van der Waals surface area contributed by atoms with Gasteiger partial charge in [-0.2, -0.15) is 0 Å². The molecule has 2 heterocycles. The van der Waals surface area contributed by atoms with Gasteiger partial charge in [-0.25, -0.2) is 9.37 Å². The summed E-state index contributed by atoms with van der Waals surface area (Å²) in [6.07, 6.45) is 0.0411. The van der Waals surface area contributed by atoms with Gasteiger partial charge in [-0.15, -0.1) is 11.3 Å². The van der Waals surface area contributed by atoms with E-state index in [-0.39, 0.29) is 23.7 Å². The van der Waals surface area contributed by atoms with Crippen LogP contribution in [-0.2, 0) is 23.5 Å². The van der Waals surface area contributed by atoms with E-state index in [2.05, 4.69) is 15.3 Å². The van der Waals surface area contributed by atoms with Crippen molar-refractivity contribution in [3.8, 4) is 0 Å². The summed E-state index contributed by atoms with van der Waals surface area (Å²) in [5, 5.41) is 5.19. The van der Waals surface area contributed by atoms with Crippen molar-refractivity contribution in [2.24, 2.45) is 0 Å². The monoisotopic (exact) mass is 389 g/mol. The number of thiophene rings is 1. The second kappa shape index (κ2) is 8.77. The summed E-state index contributed by atoms with van der Waals surface area (Å²) >= 11 is 2.90. The lowest BCUT2D eigenvalue weighted by Crippen LogP contribution is -2.25. The molecular weight excluding hydrogens is 373 g/mol. The van der Waals surface area contributed by atoms with Crippen LogP contribution >= 0.6 is 23.1 Å². The Balaban J connectivity index is 1.58. The van der Waals surface area contributed by atoms with Crippen molar-refractivity contribution >= 4 is 29.0 Å². The number of H-pyrrole nitrogens is 1. The molecule has 26 heavy (non-hydrogen) atoms. The van der Waals surface area contributed by atoms with Crippen LogP contribution in [0, 0.1) is 5.82 Å². The minimum atomic E-state index is -0.303. The number of rotatable bonds is 7. The van der Waals surface area contributed by atoms with E-state index in [0.717, 1.165) is 10.4 Å². The normalized spacial score (nSPS) is 10.7. The molecule has 3 aromatic rings. The Morgan fingerprint density at radius 1 is 1.27 bits per heavy atom. The molecule has 0 aliphatic carbocycles. The van der Waals surface area contributed by atoms with E-state index < -0.39 is 0 Å². The van der Waals surface area contributed by atoms with E-state index >= 15 is 0 Å². The van der Waals surface area contributed by atoms with Gasteiger partial charge in [0, 0.05) is 16.7 Å². The quantitative estimate of drug-likeness (QED) is 0.481. The largest absolute Gasteiger partial charge is 0.351 e. The lowest BCUT2D eigenvalue weighted by Gasteiger charge is -2.06. The van der Waals surface area contributed by atoms with E-state index in [1.165, 1.54) is 30.0 Å². The van der Waals surface area contributed by atoms with E-state index in [9.17, 15) is 14.0 Å². The average Bonchev–Trinajstić information content (AvgIpc) is 3.13. The van der Waals surface area contributed by atoms with Gasteiger partial charge in [-0.3, -0.25) is 9.59 Å². The molecule has 0 bridgehead atoms. The summed E-state index contributed by atoms with van der Waals surface area (Å²) in [5.41, 5.74) is 1.03. The minimum Gasteiger partial charge on any atom is -0.351 e. The van der Waals surface area contributed by atoms with Crippen LogP contribution in [0.4, 0.5) is 4.39 Å². The zero-order valence-electron chi connectivity index (χ0n) is 13.7. The maximum absolute atomic E-state index is 12.9. The van der Waals surface area contributed by atoms with E-state index in [1.807, 2.05) is 17.5 Å². The van der Waals surface area contributed by atoms with Crippen molar-refractivity contribution in [1.82, 2.24) is 15.3 Å². The van der Waals surface area contributed by atoms with Crippen molar-refractivity contribution in [1.29, 1.82) is 0 Å². The topological polar surface area (TPSA) is 74.8 Å². The SMILES string of the molecule is O=C(Cc1cc(=O)[nH]c(SCc2ccc(F)cc2)n1)NCc1cccs1. The zero-order chi connectivity index (χ0) is 18.4. The Morgan fingerprint density at radius 3 is 2.81 bits per heavy atom. The van der Waals surface area contributed by atoms with Crippen molar-refractivity contribution in [3.63, 3.8) is 0 Å². The summed E-state index contributed by atoms with van der Waals surface area (Å²) in [6.45, 7) is 0.464. The highest BCUT2D eigenvalue weighted by Crippen LogP contribution is 2.18. The summed E-state index contributed by atoms with van der Waals surface area (Å²) < 4.78 is 12.9. The molecular formula is C18H16FN3O2S2. The predicted octanol–water partition coefficient (Wildman–Crippen LogP) is 3.12. The van der Waals surface area contributed by atoms with Crippen LogP contribution in [0.2, 0.25) is 0 Å². The second-order valence-corrected chi connectivity index (χ2v) is 7.49. The first-order valence-corrected chi connectivity index (χ1v) is 9.71. The number of carbonyl (C=O) groups is 1. The Kier molecular flexibility index (Phi) is 6.19. The number of aromatic nitrogens is 2. The Hall–Kier alpha value is -2.45. The van der Waals surface area contributed by atoms with Crippen LogP contribution < -0.4 is 10.9 Å². The van der Waals surface area contributed by atoms with E-state index in [0.29, 0.717) is 23.1 Å². The van der Waals surface area contributed by atoms with Gasteiger partial charge in [0.1, 0.15) is 5.82 Å².